The van der Waals surface area contributed by atoms with Crippen molar-refractivity contribution in [3.8, 4) is 0 Å². The van der Waals surface area contributed by atoms with E-state index in [-0.39, 0.29) is 25.3 Å². The highest BCUT2D eigenvalue weighted by molar-refractivity contribution is 7.88. The van der Waals surface area contributed by atoms with Crippen LogP contribution in [-0.2, 0) is 24.3 Å². The Morgan fingerprint density at radius 1 is 1.53 bits per heavy atom. The molecule has 1 fully saturated rings. The number of sulfonamides is 1. The average molecular weight is 235 g/mol. The topological polar surface area (TPSA) is 80.8 Å². The molecule has 1 heterocycles. The van der Waals surface area contributed by atoms with Gasteiger partial charge in [0.1, 0.15) is 11.7 Å². The number of Topliss-reactive ketones (excluding diaryl/α,β-unsaturated/α-hetero) is 1. The summed E-state index contributed by atoms with van der Waals surface area (Å²) >= 11 is 0. The predicted molar refractivity (Wildman–Crippen MR) is 51.5 cm³/mol. The van der Waals surface area contributed by atoms with Gasteiger partial charge in [-0.25, -0.2) is 12.7 Å². The van der Waals surface area contributed by atoms with Gasteiger partial charge in [0.15, 0.2) is 0 Å². The number of methoxy groups -OCH3 is 1. The van der Waals surface area contributed by atoms with Crippen LogP contribution in [0.3, 0.4) is 0 Å². The molecule has 6 nitrogen and oxygen atoms in total. The third-order valence-corrected chi connectivity index (χ3v) is 3.61. The van der Waals surface area contributed by atoms with Crippen molar-refractivity contribution in [1.82, 2.24) is 4.31 Å². The van der Waals surface area contributed by atoms with Crippen molar-refractivity contribution in [2.45, 2.75) is 6.42 Å². The molecule has 1 atom stereocenters. The molecule has 0 bridgehead atoms. The first-order valence-electron chi connectivity index (χ1n) is 4.42. The lowest BCUT2D eigenvalue weighted by molar-refractivity contribution is -0.150. The fraction of sp³-hybridized carbons (Fsp3) is 0.750. The zero-order valence-electron chi connectivity index (χ0n) is 8.60. The molecule has 1 rings (SSSR count). The molecule has 15 heavy (non-hydrogen) atoms. The Hall–Kier alpha value is -0.950. The molecule has 0 radical (unpaired) electrons. The molecule has 0 aliphatic carbocycles. The second-order valence-electron chi connectivity index (χ2n) is 3.41. The second kappa shape index (κ2) is 4.28. The van der Waals surface area contributed by atoms with E-state index in [0.717, 1.165) is 10.6 Å². The van der Waals surface area contributed by atoms with Crippen molar-refractivity contribution in [2.24, 2.45) is 5.92 Å². The maximum absolute atomic E-state index is 11.3. The van der Waals surface area contributed by atoms with Crippen LogP contribution < -0.4 is 0 Å². The van der Waals surface area contributed by atoms with Gasteiger partial charge in [0, 0.05) is 19.5 Å². The highest BCUT2D eigenvalue weighted by Gasteiger charge is 2.36. The van der Waals surface area contributed by atoms with E-state index in [0.29, 0.717) is 0 Å². The molecular formula is C8H13NO5S. The van der Waals surface area contributed by atoms with E-state index in [9.17, 15) is 18.0 Å². The van der Waals surface area contributed by atoms with Gasteiger partial charge in [-0.1, -0.05) is 0 Å². The molecule has 1 unspecified atom stereocenters. The first kappa shape index (κ1) is 12.1. The Kier molecular flexibility index (Phi) is 3.46. The fourth-order valence-electron chi connectivity index (χ4n) is 1.46. The summed E-state index contributed by atoms with van der Waals surface area (Å²) in [5.74, 6) is -1.91. The first-order chi connectivity index (χ1) is 6.86. The second-order valence-corrected chi connectivity index (χ2v) is 5.40. The molecule has 0 aromatic rings. The number of hydrogen-bond acceptors (Lipinski definition) is 5. The van der Waals surface area contributed by atoms with Crippen LogP contribution in [0.15, 0.2) is 0 Å². The molecule has 0 saturated carbocycles. The Balaban J connectivity index is 2.81. The number of nitrogens with zero attached hydrogens (tertiary/aromatic N) is 1. The van der Waals surface area contributed by atoms with Crippen molar-refractivity contribution in [2.75, 3.05) is 26.5 Å². The van der Waals surface area contributed by atoms with Crippen LogP contribution in [0, 0.1) is 5.92 Å². The largest absolute Gasteiger partial charge is 0.468 e. The summed E-state index contributed by atoms with van der Waals surface area (Å²) in [4.78, 5) is 22.5. The SMILES string of the molecule is COC(=O)C1CN(S(C)(=O)=O)CCC1=O. The van der Waals surface area contributed by atoms with Crippen molar-refractivity contribution >= 4 is 21.8 Å². The van der Waals surface area contributed by atoms with Crippen LogP contribution in [0.1, 0.15) is 6.42 Å². The van der Waals surface area contributed by atoms with Gasteiger partial charge in [0.2, 0.25) is 10.0 Å². The number of piperidine rings is 1. The quantitative estimate of drug-likeness (QED) is 0.453. The van der Waals surface area contributed by atoms with E-state index < -0.39 is 21.9 Å². The minimum atomic E-state index is -3.35. The normalized spacial score (nSPS) is 23.9. The van der Waals surface area contributed by atoms with Crippen molar-refractivity contribution in [3.05, 3.63) is 0 Å². The summed E-state index contributed by atoms with van der Waals surface area (Å²) in [6, 6.07) is 0. The Labute approximate surface area is 88.2 Å². The zero-order chi connectivity index (χ0) is 11.6. The van der Waals surface area contributed by atoms with Gasteiger partial charge in [0.25, 0.3) is 0 Å². The van der Waals surface area contributed by atoms with Crippen LogP contribution in [-0.4, -0.2) is 50.9 Å². The van der Waals surface area contributed by atoms with Gasteiger partial charge in [0.05, 0.1) is 13.4 Å². The van der Waals surface area contributed by atoms with Crippen molar-refractivity contribution in [1.29, 1.82) is 0 Å². The number of rotatable bonds is 2. The van der Waals surface area contributed by atoms with Gasteiger partial charge in [-0.2, -0.15) is 0 Å². The van der Waals surface area contributed by atoms with Crippen LogP contribution in [0.5, 0.6) is 0 Å². The summed E-state index contributed by atoms with van der Waals surface area (Å²) < 4.78 is 28.0. The minimum absolute atomic E-state index is 0.0623. The van der Waals surface area contributed by atoms with Gasteiger partial charge >= 0.3 is 5.97 Å². The van der Waals surface area contributed by atoms with E-state index >= 15 is 0 Å². The summed E-state index contributed by atoms with van der Waals surface area (Å²) in [5.41, 5.74) is 0. The number of ether oxygens (including phenoxy) is 1. The summed E-state index contributed by atoms with van der Waals surface area (Å²) in [5, 5.41) is 0. The number of carbonyl (C=O) groups excluding carboxylic acids is 2. The Bertz CT molecular complexity index is 366. The summed E-state index contributed by atoms with van der Waals surface area (Å²) in [6.45, 7) is 0.0372. The number of ketones is 1. The molecule has 1 saturated heterocycles. The molecule has 86 valence electrons. The van der Waals surface area contributed by atoms with Crippen molar-refractivity contribution in [3.63, 3.8) is 0 Å². The van der Waals surface area contributed by atoms with Gasteiger partial charge in [-0.05, 0) is 0 Å². The highest BCUT2D eigenvalue weighted by atomic mass is 32.2. The molecule has 0 spiro atoms. The summed E-state index contributed by atoms with van der Waals surface area (Å²) in [7, 11) is -2.18. The third-order valence-electron chi connectivity index (χ3n) is 2.34. The standard InChI is InChI=1S/C8H13NO5S/c1-14-8(11)6-5-9(15(2,12)13)4-3-7(6)10/h6H,3-5H2,1-2H3. The number of hydrogen-bond donors (Lipinski definition) is 0. The van der Waals surface area contributed by atoms with Gasteiger partial charge in [-0.3, -0.25) is 9.59 Å². The first-order valence-corrected chi connectivity index (χ1v) is 6.26. The molecule has 0 N–H and O–H groups in total. The lowest BCUT2D eigenvalue weighted by atomic mass is 9.98. The highest BCUT2D eigenvalue weighted by Crippen LogP contribution is 2.16. The Morgan fingerprint density at radius 2 is 2.13 bits per heavy atom. The third kappa shape index (κ3) is 2.75. The molecular weight excluding hydrogens is 222 g/mol. The molecule has 0 aromatic heterocycles. The molecule has 0 amide bonds. The lowest BCUT2D eigenvalue weighted by Gasteiger charge is -2.28. The molecule has 0 aromatic carbocycles. The minimum Gasteiger partial charge on any atom is -0.468 e. The van der Waals surface area contributed by atoms with Crippen LogP contribution in [0.2, 0.25) is 0 Å². The van der Waals surface area contributed by atoms with E-state index in [1.54, 1.807) is 0 Å². The fourth-order valence-corrected chi connectivity index (χ4v) is 2.30. The van der Waals surface area contributed by atoms with Crippen molar-refractivity contribution < 1.29 is 22.7 Å². The van der Waals surface area contributed by atoms with E-state index in [1.165, 1.54) is 7.11 Å². The molecule has 1 aliphatic heterocycles. The maximum atomic E-state index is 11.3. The summed E-state index contributed by atoms with van der Waals surface area (Å²) in [6.07, 6.45) is 1.12. The number of esters is 1. The maximum Gasteiger partial charge on any atom is 0.317 e. The van der Waals surface area contributed by atoms with Gasteiger partial charge < -0.3 is 4.74 Å². The van der Waals surface area contributed by atoms with E-state index in [2.05, 4.69) is 4.74 Å². The predicted octanol–water partition coefficient (Wildman–Crippen LogP) is -0.990. The molecule has 7 heteroatoms. The van der Waals surface area contributed by atoms with E-state index in [4.69, 9.17) is 0 Å². The number of carbonyl (C=O) groups is 2. The average Bonchev–Trinajstić information content (AvgIpc) is 2.15. The zero-order valence-corrected chi connectivity index (χ0v) is 9.41. The lowest BCUT2D eigenvalue weighted by Crippen LogP contribution is -2.46. The monoisotopic (exact) mass is 235 g/mol. The Morgan fingerprint density at radius 3 is 2.60 bits per heavy atom. The molecule has 1 aliphatic rings. The van der Waals surface area contributed by atoms with Crippen LogP contribution in [0.25, 0.3) is 0 Å². The van der Waals surface area contributed by atoms with Crippen LogP contribution >= 0.6 is 0 Å². The smallest absolute Gasteiger partial charge is 0.317 e. The van der Waals surface area contributed by atoms with Gasteiger partial charge in [-0.15, -0.1) is 0 Å². The van der Waals surface area contributed by atoms with Crippen LogP contribution in [0.4, 0.5) is 0 Å². The van der Waals surface area contributed by atoms with E-state index in [1.807, 2.05) is 0 Å².